The summed E-state index contributed by atoms with van der Waals surface area (Å²) in [5.41, 5.74) is 1.74. The van der Waals surface area contributed by atoms with Crippen LogP contribution in [0.4, 0.5) is 0 Å². The molecule has 3 heteroatoms. The minimum Gasteiger partial charge on any atom is -0.508 e. The lowest BCUT2D eigenvalue weighted by Crippen LogP contribution is -2.18. The smallest absolute Gasteiger partial charge is 0.217 e. The van der Waals surface area contributed by atoms with Gasteiger partial charge in [-0.2, -0.15) is 0 Å². The number of aromatic hydroxyl groups is 1. The molecule has 0 radical (unpaired) electrons. The molecule has 2 N–H and O–H groups in total. The van der Waals surface area contributed by atoms with Crippen LogP contribution in [0.5, 0.6) is 5.75 Å². The van der Waals surface area contributed by atoms with Crippen molar-refractivity contribution in [3.8, 4) is 5.75 Å². The number of phenols is 1. The third kappa shape index (κ3) is 2.78. The predicted molar refractivity (Wildman–Crippen MR) is 50.4 cm³/mol. The van der Waals surface area contributed by atoms with Gasteiger partial charge in [0.25, 0.3) is 0 Å². The Kier molecular flexibility index (Phi) is 2.90. The molecule has 3 nitrogen and oxygen atoms in total. The summed E-state index contributed by atoms with van der Waals surface area (Å²) in [4.78, 5) is 10.6. The first-order valence-corrected chi connectivity index (χ1v) is 4.12. The van der Waals surface area contributed by atoms with Crippen molar-refractivity contribution in [3.05, 3.63) is 29.3 Å². The van der Waals surface area contributed by atoms with E-state index in [2.05, 4.69) is 5.32 Å². The van der Waals surface area contributed by atoms with E-state index in [4.69, 9.17) is 0 Å². The summed E-state index contributed by atoms with van der Waals surface area (Å²) < 4.78 is 0. The van der Waals surface area contributed by atoms with Crippen LogP contribution in [-0.4, -0.2) is 11.0 Å². The highest BCUT2D eigenvalue weighted by Gasteiger charge is 1.98. The van der Waals surface area contributed by atoms with E-state index < -0.39 is 0 Å². The van der Waals surface area contributed by atoms with Gasteiger partial charge in [-0.1, -0.05) is 12.1 Å². The van der Waals surface area contributed by atoms with Gasteiger partial charge in [0.1, 0.15) is 5.75 Å². The molecule has 0 aliphatic carbocycles. The molecule has 0 unspecified atom stereocenters. The largest absolute Gasteiger partial charge is 0.508 e. The van der Waals surface area contributed by atoms with Gasteiger partial charge in [0, 0.05) is 13.5 Å². The van der Waals surface area contributed by atoms with Gasteiger partial charge in [-0.15, -0.1) is 0 Å². The Labute approximate surface area is 77.4 Å². The summed E-state index contributed by atoms with van der Waals surface area (Å²) in [5.74, 6) is 0.197. The second kappa shape index (κ2) is 3.94. The van der Waals surface area contributed by atoms with E-state index in [0.717, 1.165) is 11.1 Å². The third-order valence-corrected chi connectivity index (χ3v) is 1.82. The fourth-order valence-electron chi connectivity index (χ4n) is 0.991. The lowest BCUT2D eigenvalue weighted by molar-refractivity contribution is -0.119. The lowest BCUT2D eigenvalue weighted by Gasteiger charge is -2.04. The number of hydrogen-bond donors (Lipinski definition) is 2. The van der Waals surface area contributed by atoms with Crippen LogP contribution in [0.25, 0.3) is 0 Å². The number of phenolic OH excluding ortho intramolecular Hbond substituents is 1. The van der Waals surface area contributed by atoms with Gasteiger partial charge >= 0.3 is 0 Å². The Morgan fingerprint density at radius 1 is 1.54 bits per heavy atom. The zero-order valence-electron chi connectivity index (χ0n) is 7.79. The first-order valence-electron chi connectivity index (χ1n) is 4.12. The molecular formula is C10H13NO2. The highest BCUT2D eigenvalue weighted by molar-refractivity contribution is 5.72. The van der Waals surface area contributed by atoms with Gasteiger partial charge in [-0.05, 0) is 24.1 Å². The van der Waals surface area contributed by atoms with Crippen LogP contribution >= 0.6 is 0 Å². The van der Waals surface area contributed by atoms with Crippen molar-refractivity contribution in [1.82, 2.24) is 5.32 Å². The van der Waals surface area contributed by atoms with E-state index >= 15 is 0 Å². The molecule has 0 atom stereocenters. The molecule has 1 amide bonds. The van der Waals surface area contributed by atoms with E-state index in [0.29, 0.717) is 6.54 Å². The maximum absolute atomic E-state index is 10.6. The first kappa shape index (κ1) is 9.58. The molecule has 1 rings (SSSR count). The van der Waals surface area contributed by atoms with Crippen LogP contribution in [0.3, 0.4) is 0 Å². The molecule has 13 heavy (non-hydrogen) atoms. The number of nitrogens with one attached hydrogen (secondary N) is 1. The van der Waals surface area contributed by atoms with Crippen LogP contribution in [-0.2, 0) is 11.3 Å². The number of carbonyl (C=O) groups excluding carboxylic acids is 1. The lowest BCUT2D eigenvalue weighted by atomic mass is 10.1. The Bertz CT molecular complexity index is 321. The second-order valence-electron chi connectivity index (χ2n) is 3.03. The summed E-state index contributed by atoms with van der Waals surface area (Å²) >= 11 is 0. The highest BCUT2D eigenvalue weighted by atomic mass is 16.3. The molecule has 0 aliphatic heterocycles. The van der Waals surface area contributed by atoms with Crippen molar-refractivity contribution in [3.63, 3.8) is 0 Å². The number of benzene rings is 1. The topological polar surface area (TPSA) is 49.3 Å². The zero-order valence-corrected chi connectivity index (χ0v) is 7.79. The Hall–Kier alpha value is -1.51. The normalized spacial score (nSPS) is 9.69. The Morgan fingerprint density at radius 3 is 2.77 bits per heavy atom. The predicted octanol–water partition coefficient (Wildman–Crippen LogP) is 1.34. The molecule has 0 aliphatic rings. The summed E-state index contributed by atoms with van der Waals surface area (Å²) in [6, 6.07) is 5.36. The molecule has 0 bridgehead atoms. The SMILES string of the molecule is CC(=O)NCc1ccc(C)c(O)c1. The Morgan fingerprint density at radius 2 is 2.23 bits per heavy atom. The third-order valence-electron chi connectivity index (χ3n) is 1.82. The molecule has 1 aromatic rings. The summed E-state index contributed by atoms with van der Waals surface area (Å²) in [6.07, 6.45) is 0. The molecule has 0 saturated heterocycles. The van der Waals surface area contributed by atoms with Gasteiger partial charge < -0.3 is 10.4 Å². The molecule has 1 aromatic carbocycles. The highest BCUT2D eigenvalue weighted by Crippen LogP contribution is 2.16. The van der Waals surface area contributed by atoms with Gasteiger partial charge in [0.15, 0.2) is 0 Å². The van der Waals surface area contributed by atoms with Crippen molar-refractivity contribution >= 4 is 5.91 Å². The number of hydrogen-bond acceptors (Lipinski definition) is 2. The number of rotatable bonds is 2. The van der Waals surface area contributed by atoms with Crippen LogP contribution in [0.15, 0.2) is 18.2 Å². The first-order chi connectivity index (χ1) is 6.09. The number of carbonyl (C=O) groups is 1. The zero-order chi connectivity index (χ0) is 9.84. The number of amides is 1. The molecule has 0 heterocycles. The Balaban J connectivity index is 2.68. The van der Waals surface area contributed by atoms with E-state index in [1.807, 2.05) is 19.1 Å². The average Bonchev–Trinajstić information content (AvgIpc) is 2.07. The van der Waals surface area contributed by atoms with Gasteiger partial charge in [0.05, 0.1) is 0 Å². The monoisotopic (exact) mass is 179 g/mol. The quantitative estimate of drug-likeness (QED) is 0.719. The van der Waals surface area contributed by atoms with Crippen LogP contribution in [0.2, 0.25) is 0 Å². The van der Waals surface area contributed by atoms with Gasteiger partial charge in [-0.3, -0.25) is 4.79 Å². The fraction of sp³-hybridized carbons (Fsp3) is 0.300. The maximum atomic E-state index is 10.6. The standard InChI is InChI=1S/C10H13NO2/c1-7-3-4-9(5-10(7)13)6-11-8(2)12/h3-5,13H,6H2,1-2H3,(H,11,12). The van der Waals surface area contributed by atoms with E-state index in [-0.39, 0.29) is 11.7 Å². The number of aryl methyl sites for hydroxylation is 1. The summed E-state index contributed by atoms with van der Waals surface area (Å²) in [5, 5.41) is 12.0. The van der Waals surface area contributed by atoms with Crippen molar-refractivity contribution in [2.75, 3.05) is 0 Å². The average molecular weight is 179 g/mol. The van der Waals surface area contributed by atoms with Crippen LogP contribution in [0, 0.1) is 6.92 Å². The molecule has 0 spiro atoms. The fourth-order valence-corrected chi connectivity index (χ4v) is 0.991. The second-order valence-corrected chi connectivity index (χ2v) is 3.03. The van der Waals surface area contributed by atoms with Crippen LogP contribution in [0.1, 0.15) is 18.1 Å². The summed E-state index contributed by atoms with van der Waals surface area (Å²) in [6.45, 7) is 3.76. The minimum absolute atomic E-state index is 0.0694. The van der Waals surface area contributed by atoms with E-state index in [9.17, 15) is 9.90 Å². The molecule has 0 saturated carbocycles. The van der Waals surface area contributed by atoms with Gasteiger partial charge in [0.2, 0.25) is 5.91 Å². The van der Waals surface area contributed by atoms with Crippen molar-refractivity contribution in [2.24, 2.45) is 0 Å². The molecule has 70 valence electrons. The van der Waals surface area contributed by atoms with Crippen molar-refractivity contribution < 1.29 is 9.90 Å². The van der Waals surface area contributed by atoms with Crippen molar-refractivity contribution in [2.45, 2.75) is 20.4 Å². The van der Waals surface area contributed by atoms with E-state index in [1.165, 1.54) is 6.92 Å². The van der Waals surface area contributed by atoms with Crippen molar-refractivity contribution in [1.29, 1.82) is 0 Å². The maximum Gasteiger partial charge on any atom is 0.217 e. The summed E-state index contributed by atoms with van der Waals surface area (Å²) in [7, 11) is 0. The molecular weight excluding hydrogens is 166 g/mol. The molecule has 0 aromatic heterocycles. The molecule has 0 fully saturated rings. The minimum atomic E-state index is -0.0694. The van der Waals surface area contributed by atoms with Gasteiger partial charge in [-0.25, -0.2) is 0 Å². The van der Waals surface area contributed by atoms with Crippen LogP contribution < -0.4 is 5.32 Å². The van der Waals surface area contributed by atoms with E-state index in [1.54, 1.807) is 6.07 Å².